The number of anilines is 1. The molecular weight excluding hydrogens is 410 g/mol. The first-order valence-corrected chi connectivity index (χ1v) is 11.6. The van der Waals surface area contributed by atoms with Gasteiger partial charge in [-0.05, 0) is 31.0 Å². The Balaban J connectivity index is 1.84. The van der Waals surface area contributed by atoms with E-state index in [4.69, 9.17) is 9.47 Å². The van der Waals surface area contributed by atoms with Gasteiger partial charge >= 0.3 is 0 Å². The molecule has 2 aliphatic heterocycles. The molecule has 0 saturated carbocycles. The van der Waals surface area contributed by atoms with E-state index < -0.39 is 16.1 Å². The molecule has 1 N–H and O–H groups in total. The second kappa shape index (κ2) is 9.32. The molecule has 0 aromatic heterocycles. The molecule has 0 aliphatic carbocycles. The van der Waals surface area contributed by atoms with Crippen LogP contribution in [0.3, 0.4) is 0 Å². The molecule has 1 atom stereocenters. The zero-order valence-corrected chi connectivity index (χ0v) is 18.4. The first-order valence-electron chi connectivity index (χ1n) is 10.1. The van der Waals surface area contributed by atoms with Crippen molar-refractivity contribution in [3.63, 3.8) is 0 Å². The summed E-state index contributed by atoms with van der Waals surface area (Å²) in [7, 11) is -2.27. The lowest BCUT2D eigenvalue weighted by molar-refractivity contribution is -0.139. The lowest BCUT2D eigenvalue weighted by Gasteiger charge is -2.27. The van der Waals surface area contributed by atoms with E-state index in [1.54, 1.807) is 18.7 Å². The van der Waals surface area contributed by atoms with Gasteiger partial charge in [0.2, 0.25) is 21.8 Å². The third kappa shape index (κ3) is 4.60. The predicted molar refractivity (Wildman–Crippen MR) is 111 cm³/mol. The number of likely N-dealkylation sites (tertiary alicyclic amines) is 1. The van der Waals surface area contributed by atoms with Crippen molar-refractivity contribution in [3.8, 4) is 5.75 Å². The molecule has 2 amide bonds. The molecule has 10 heteroatoms. The molecule has 1 aromatic carbocycles. The minimum atomic E-state index is -3.72. The molecule has 2 saturated heterocycles. The molecule has 0 bridgehead atoms. The summed E-state index contributed by atoms with van der Waals surface area (Å²) in [6.45, 7) is 5.41. The van der Waals surface area contributed by atoms with E-state index in [0.717, 1.165) is 6.42 Å². The van der Waals surface area contributed by atoms with E-state index in [-0.39, 0.29) is 41.4 Å². The largest absolute Gasteiger partial charge is 0.495 e. The summed E-state index contributed by atoms with van der Waals surface area (Å²) >= 11 is 0. The number of hydrogen-bond donors (Lipinski definition) is 1. The Morgan fingerprint density at radius 2 is 1.90 bits per heavy atom. The van der Waals surface area contributed by atoms with Crippen LogP contribution in [0.15, 0.2) is 23.1 Å². The monoisotopic (exact) mass is 439 g/mol. The highest BCUT2D eigenvalue weighted by atomic mass is 32.2. The van der Waals surface area contributed by atoms with Gasteiger partial charge in [0.05, 0.1) is 30.9 Å². The van der Waals surface area contributed by atoms with E-state index >= 15 is 0 Å². The zero-order valence-electron chi connectivity index (χ0n) is 17.6. The number of methoxy groups -OCH3 is 1. The average molecular weight is 440 g/mol. The van der Waals surface area contributed by atoms with Crippen molar-refractivity contribution in [3.05, 3.63) is 18.2 Å². The van der Waals surface area contributed by atoms with E-state index in [1.807, 2.05) is 0 Å². The second-order valence-electron chi connectivity index (χ2n) is 7.71. The summed E-state index contributed by atoms with van der Waals surface area (Å²) in [6, 6.07) is 3.81. The van der Waals surface area contributed by atoms with Crippen LogP contribution in [0.4, 0.5) is 5.69 Å². The Bertz CT molecular complexity index is 896. The Hall–Kier alpha value is -2.17. The Morgan fingerprint density at radius 1 is 1.20 bits per heavy atom. The SMILES string of the molecule is COc1ccc(S(=O)(=O)N2CCOCC2)cc1NC(=O)C1CCCN1C(=O)C(C)C. The number of sulfonamides is 1. The molecule has 0 spiro atoms. The Kier molecular flexibility index (Phi) is 6.99. The molecule has 3 rings (SSSR count). The zero-order chi connectivity index (χ0) is 21.9. The Labute approximate surface area is 177 Å². The number of benzene rings is 1. The predicted octanol–water partition coefficient (Wildman–Crippen LogP) is 1.30. The minimum absolute atomic E-state index is 0.0664. The van der Waals surface area contributed by atoms with Gasteiger partial charge in [0, 0.05) is 25.6 Å². The van der Waals surface area contributed by atoms with Gasteiger partial charge in [-0.1, -0.05) is 13.8 Å². The Morgan fingerprint density at radius 3 is 2.53 bits per heavy atom. The van der Waals surface area contributed by atoms with Crippen molar-refractivity contribution in [1.82, 2.24) is 9.21 Å². The van der Waals surface area contributed by atoms with Crippen LogP contribution < -0.4 is 10.1 Å². The average Bonchev–Trinajstić information content (AvgIpc) is 3.23. The molecule has 1 unspecified atom stereocenters. The fourth-order valence-corrected chi connectivity index (χ4v) is 5.17. The molecule has 166 valence electrons. The van der Waals surface area contributed by atoms with Crippen LogP contribution in [0.1, 0.15) is 26.7 Å². The summed E-state index contributed by atoms with van der Waals surface area (Å²) < 4.78 is 37.8. The van der Waals surface area contributed by atoms with Crippen LogP contribution >= 0.6 is 0 Å². The first kappa shape index (κ1) is 22.5. The van der Waals surface area contributed by atoms with Crippen LogP contribution in [0.5, 0.6) is 5.75 Å². The van der Waals surface area contributed by atoms with Crippen molar-refractivity contribution in [2.75, 3.05) is 45.3 Å². The summed E-state index contributed by atoms with van der Waals surface area (Å²) in [5, 5.41) is 2.78. The van der Waals surface area contributed by atoms with E-state index in [2.05, 4.69) is 5.32 Å². The third-order valence-corrected chi connectivity index (χ3v) is 7.26. The number of nitrogens with zero attached hydrogens (tertiary/aromatic N) is 2. The number of carbonyl (C=O) groups is 2. The maximum Gasteiger partial charge on any atom is 0.247 e. The summed E-state index contributed by atoms with van der Waals surface area (Å²) in [5.41, 5.74) is 0.265. The lowest BCUT2D eigenvalue weighted by atomic mass is 10.1. The van der Waals surface area contributed by atoms with Gasteiger partial charge in [-0.25, -0.2) is 8.42 Å². The van der Waals surface area contributed by atoms with E-state index in [1.165, 1.54) is 29.6 Å². The standard InChI is InChI=1S/C20H29N3O6S/c1-14(2)20(25)23-8-4-5-17(23)19(24)21-16-13-15(6-7-18(16)28-3)30(26,27)22-9-11-29-12-10-22/h6-7,13-14,17H,4-5,8-12H2,1-3H3,(H,21,24). The maximum absolute atomic E-state index is 13.0. The lowest BCUT2D eigenvalue weighted by Crippen LogP contribution is -2.44. The highest BCUT2D eigenvalue weighted by Crippen LogP contribution is 2.30. The minimum Gasteiger partial charge on any atom is -0.495 e. The smallest absolute Gasteiger partial charge is 0.247 e. The number of nitrogens with one attached hydrogen (secondary N) is 1. The maximum atomic E-state index is 13.0. The second-order valence-corrected chi connectivity index (χ2v) is 9.65. The van der Waals surface area contributed by atoms with Crippen molar-refractivity contribution in [1.29, 1.82) is 0 Å². The van der Waals surface area contributed by atoms with E-state index in [0.29, 0.717) is 31.9 Å². The van der Waals surface area contributed by atoms with Gasteiger partial charge in [0.15, 0.2) is 0 Å². The van der Waals surface area contributed by atoms with Crippen molar-refractivity contribution >= 4 is 27.5 Å². The number of rotatable bonds is 6. The van der Waals surface area contributed by atoms with Gasteiger partial charge < -0.3 is 19.7 Å². The fraction of sp³-hybridized carbons (Fsp3) is 0.600. The van der Waals surface area contributed by atoms with Gasteiger partial charge in [-0.3, -0.25) is 9.59 Å². The molecule has 9 nitrogen and oxygen atoms in total. The number of carbonyl (C=O) groups excluding carboxylic acids is 2. The van der Waals surface area contributed by atoms with Crippen LogP contribution in [-0.2, 0) is 24.3 Å². The van der Waals surface area contributed by atoms with Crippen LogP contribution in [-0.4, -0.2) is 75.4 Å². The highest BCUT2D eigenvalue weighted by Gasteiger charge is 2.35. The van der Waals surface area contributed by atoms with Crippen LogP contribution in [0, 0.1) is 5.92 Å². The molecule has 0 radical (unpaired) electrons. The molecule has 2 aliphatic rings. The van der Waals surface area contributed by atoms with Gasteiger partial charge in [-0.2, -0.15) is 4.31 Å². The highest BCUT2D eigenvalue weighted by molar-refractivity contribution is 7.89. The van der Waals surface area contributed by atoms with Crippen LogP contribution in [0.25, 0.3) is 0 Å². The molecule has 1 aromatic rings. The number of amides is 2. The molecule has 30 heavy (non-hydrogen) atoms. The van der Waals surface area contributed by atoms with Crippen molar-refractivity contribution < 1.29 is 27.5 Å². The van der Waals surface area contributed by atoms with Crippen molar-refractivity contribution in [2.45, 2.75) is 37.6 Å². The molecule has 2 heterocycles. The van der Waals surface area contributed by atoms with Gasteiger partial charge in [0.1, 0.15) is 11.8 Å². The topological polar surface area (TPSA) is 105 Å². The van der Waals surface area contributed by atoms with Gasteiger partial charge in [0.25, 0.3) is 0 Å². The third-order valence-electron chi connectivity index (χ3n) is 5.37. The van der Waals surface area contributed by atoms with E-state index in [9.17, 15) is 18.0 Å². The first-order chi connectivity index (χ1) is 14.3. The normalized spacial score (nSPS) is 20.4. The van der Waals surface area contributed by atoms with Crippen molar-refractivity contribution in [2.24, 2.45) is 5.92 Å². The summed E-state index contributed by atoms with van der Waals surface area (Å²) in [4.78, 5) is 27.0. The van der Waals surface area contributed by atoms with Gasteiger partial charge in [-0.15, -0.1) is 0 Å². The number of morpholine rings is 1. The number of hydrogen-bond acceptors (Lipinski definition) is 6. The molecule has 2 fully saturated rings. The molecular formula is C20H29N3O6S. The summed E-state index contributed by atoms with van der Waals surface area (Å²) in [5.74, 6) is -0.261. The van der Waals surface area contributed by atoms with Crippen LogP contribution in [0.2, 0.25) is 0 Å². The number of ether oxygens (including phenoxy) is 2. The quantitative estimate of drug-likeness (QED) is 0.716. The summed E-state index contributed by atoms with van der Waals surface area (Å²) in [6.07, 6.45) is 1.32. The fourth-order valence-electron chi connectivity index (χ4n) is 3.73.